The molecule has 158 valence electrons. The van der Waals surface area contributed by atoms with Crippen molar-refractivity contribution < 1.29 is 5.11 Å². The number of benzene rings is 1. The number of aryl methyl sites for hydroxylation is 1. The summed E-state index contributed by atoms with van der Waals surface area (Å²) in [6, 6.07) is 8.54. The minimum absolute atomic E-state index is 0.261. The molecule has 3 N–H and O–H groups in total. The number of rotatable bonds is 7. The first-order valence-electron chi connectivity index (χ1n) is 11.0. The Morgan fingerprint density at radius 1 is 1.13 bits per heavy atom. The monoisotopic (exact) mass is 423 g/mol. The SMILES string of the molecule is Cc1nc(NCC2CC2)nc(N[C@H]2CC[C@@H](C(C)O)C2)c1-c1nc2ccccc2s1. The predicted molar refractivity (Wildman–Crippen MR) is 123 cm³/mol. The maximum absolute atomic E-state index is 9.99. The predicted octanol–water partition coefficient (Wildman–Crippen LogP) is 4.85. The number of para-hydroxylation sites is 1. The standard InChI is InChI=1S/C23H29N5OS/c1-13-20(22-27-18-5-3-4-6-19(18)30-22)21(26-17-10-9-16(11-17)14(2)29)28-23(25-13)24-12-15-7-8-15/h3-6,14-17,29H,7-12H2,1-2H3,(H2,24,25,26,28)/t14?,16-,17+/m1/s1. The van der Waals surface area contributed by atoms with Crippen molar-refractivity contribution in [2.24, 2.45) is 11.8 Å². The van der Waals surface area contributed by atoms with E-state index < -0.39 is 0 Å². The van der Waals surface area contributed by atoms with Crippen molar-refractivity contribution in [2.45, 2.75) is 58.1 Å². The van der Waals surface area contributed by atoms with Crippen LogP contribution in [0.2, 0.25) is 0 Å². The second-order valence-corrected chi connectivity index (χ2v) is 9.85. The van der Waals surface area contributed by atoms with Crippen LogP contribution in [0.3, 0.4) is 0 Å². The van der Waals surface area contributed by atoms with E-state index in [0.717, 1.165) is 59.3 Å². The van der Waals surface area contributed by atoms with Gasteiger partial charge < -0.3 is 15.7 Å². The highest BCUT2D eigenvalue weighted by molar-refractivity contribution is 7.21. The molecule has 30 heavy (non-hydrogen) atoms. The molecule has 6 nitrogen and oxygen atoms in total. The van der Waals surface area contributed by atoms with E-state index in [4.69, 9.17) is 15.0 Å². The normalized spacial score (nSPS) is 22.4. The van der Waals surface area contributed by atoms with E-state index in [9.17, 15) is 5.11 Å². The van der Waals surface area contributed by atoms with Gasteiger partial charge in [-0.15, -0.1) is 11.3 Å². The smallest absolute Gasteiger partial charge is 0.224 e. The summed E-state index contributed by atoms with van der Waals surface area (Å²) in [6.45, 7) is 4.88. The molecule has 0 saturated heterocycles. The molecule has 2 aliphatic carbocycles. The molecule has 0 amide bonds. The molecular formula is C23H29N5OS. The van der Waals surface area contributed by atoms with Crippen LogP contribution in [-0.4, -0.2) is 38.7 Å². The second-order valence-electron chi connectivity index (χ2n) is 8.82. The van der Waals surface area contributed by atoms with Gasteiger partial charge in [0.1, 0.15) is 10.8 Å². The highest BCUT2D eigenvalue weighted by atomic mass is 32.1. The summed E-state index contributed by atoms with van der Waals surface area (Å²) >= 11 is 1.68. The van der Waals surface area contributed by atoms with Crippen molar-refractivity contribution in [3.05, 3.63) is 30.0 Å². The number of hydrogen-bond donors (Lipinski definition) is 3. The Balaban J connectivity index is 1.49. The molecule has 3 aromatic rings. The lowest BCUT2D eigenvalue weighted by molar-refractivity contribution is 0.128. The Labute approximate surface area is 181 Å². The Morgan fingerprint density at radius 2 is 1.97 bits per heavy atom. The maximum atomic E-state index is 9.99. The molecule has 2 fully saturated rings. The highest BCUT2D eigenvalue weighted by Crippen LogP contribution is 2.38. The summed E-state index contributed by atoms with van der Waals surface area (Å²) in [4.78, 5) is 14.5. The number of anilines is 2. The fraction of sp³-hybridized carbons (Fsp3) is 0.522. The summed E-state index contributed by atoms with van der Waals surface area (Å²) < 4.78 is 1.17. The molecule has 2 aromatic heterocycles. The Kier molecular flexibility index (Phi) is 5.33. The molecule has 2 aliphatic rings. The summed E-state index contributed by atoms with van der Waals surface area (Å²) in [5.74, 6) is 2.66. The summed E-state index contributed by atoms with van der Waals surface area (Å²) in [6.07, 6.45) is 5.38. The van der Waals surface area contributed by atoms with Crippen molar-refractivity contribution >= 4 is 33.3 Å². The molecular weight excluding hydrogens is 394 g/mol. The van der Waals surface area contributed by atoms with Gasteiger partial charge in [-0.05, 0) is 69.9 Å². The number of aliphatic hydroxyl groups is 1. The van der Waals surface area contributed by atoms with Crippen molar-refractivity contribution in [1.29, 1.82) is 0 Å². The van der Waals surface area contributed by atoms with E-state index in [0.29, 0.717) is 17.9 Å². The molecule has 5 rings (SSSR count). The van der Waals surface area contributed by atoms with Crippen LogP contribution in [-0.2, 0) is 0 Å². The van der Waals surface area contributed by atoms with Gasteiger partial charge in [0.25, 0.3) is 0 Å². The fourth-order valence-corrected chi connectivity index (χ4v) is 5.39. The van der Waals surface area contributed by atoms with Crippen LogP contribution in [0, 0.1) is 18.8 Å². The van der Waals surface area contributed by atoms with Crippen LogP contribution in [0.5, 0.6) is 0 Å². The molecule has 0 radical (unpaired) electrons. The van der Waals surface area contributed by atoms with Gasteiger partial charge in [-0.1, -0.05) is 12.1 Å². The first kappa shape index (κ1) is 19.7. The van der Waals surface area contributed by atoms with Crippen molar-refractivity contribution in [3.63, 3.8) is 0 Å². The Hall–Kier alpha value is -2.25. The quantitative estimate of drug-likeness (QED) is 0.504. The van der Waals surface area contributed by atoms with Crippen molar-refractivity contribution in [1.82, 2.24) is 15.0 Å². The third kappa shape index (κ3) is 4.14. The molecule has 1 unspecified atom stereocenters. The van der Waals surface area contributed by atoms with Gasteiger partial charge in [0, 0.05) is 12.6 Å². The zero-order valence-electron chi connectivity index (χ0n) is 17.6. The maximum Gasteiger partial charge on any atom is 0.224 e. The van der Waals surface area contributed by atoms with Crippen LogP contribution in [0.15, 0.2) is 24.3 Å². The molecule has 0 spiro atoms. The van der Waals surface area contributed by atoms with E-state index in [1.165, 1.54) is 17.5 Å². The Bertz CT molecular complexity index is 1010. The molecule has 7 heteroatoms. The molecule has 2 saturated carbocycles. The first-order chi connectivity index (χ1) is 14.6. The number of aliphatic hydroxyl groups excluding tert-OH is 1. The topological polar surface area (TPSA) is 83.0 Å². The van der Waals surface area contributed by atoms with E-state index in [1.807, 2.05) is 32.0 Å². The Morgan fingerprint density at radius 3 is 2.70 bits per heavy atom. The highest BCUT2D eigenvalue weighted by Gasteiger charge is 2.29. The zero-order valence-corrected chi connectivity index (χ0v) is 18.4. The van der Waals surface area contributed by atoms with E-state index in [-0.39, 0.29) is 6.10 Å². The molecule has 0 bridgehead atoms. The first-order valence-corrected chi connectivity index (χ1v) is 11.8. The number of thiazole rings is 1. The van der Waals surface area contributed by atoms with Gasteiger partial charge in [-0.3, -0.25) is 0 Å². The fourth-order valence-electron chi connectivity index (χ4n) is 4.33. The van der Waals surface area contributed by atoms with Crippen LogP contribution in [0.4, 0.5) is 11.8 Å². The minimum atomic E-state index is -0.261. The lowest BCUT2D eigenvalue weighted by Crippen LogP contribution is -2.21. The van der Waals surface area contributed by atoms with E-state index in [1.54, 1.807) is 11.3 Å². The van der Waals surface area contributed by atoms with Gasteiger partial charge in [0.05, 0.1) is 27.6 Å². The summed E-state index contributed by atoms with van der Waals surface area (Å²) in [5.41, 5.74) is 2.94. The number of aromatic nitrogens is 3. The zero-order chi connectivity index (χ0) is 20.7. The van der Waals surface area contributed by atoms with Gasteiger partial charge in [0.2, 0.25) is 5.95 Å². The third-order valence-corrected chi connectivity index (χ3v) is 7.39. The van der Waals surface area contributed by atoms with Crippen LogP contribution >= 0.6 is 11.3 Å². The summed E-state index contributed by atoms with van der Waals surface area (Å²) in [7, 11) is 0. The molecule has 3 atom stereocenters. The van der Waals surface area contributed by atoms with Gasteiger partial charge in [-0.25, -0.2) is 9.97 Å². The van der Waals surface area contributed by atoms with Crippen LogP contribution in [0.25, 0.3) is 20.8 Å². The lowest BCUT2D eigenvalue weighted by Gasteiger charge is -2.19. The lowest BCUT2D eigenvalue weighted by atomic mass is 10.0. The van der Waals surface area contributed by atoms with Crippen LogP contribution < -0.4 is 10.6 Å². The van der Waals surface area contributed by atoms with E-state index >= 15 is 0 Å². The molecule has 2 heterocycles. The van der Waals surface area contributed by atoms with Gasteiger partial charge >= 0.3 is 0 Å². The summed E-state index contributed by atoms with van der Waals surface area (Å²) in [5, 5.41) is 18.1. The molecule has 0 aliphatic heterocycles. The van der Waals surface area contributed by atoms with Crippen molar-refractivity contribution in [2.75, 3.05) is 17.2 Å². The average molecular weight is 424 g/mol. The van der Waals surface area contributed by atoms with E-state index in [2.05, 4.69) is 16.7 Å². The van der Waals surface area contributed by atoms with Gasteiger partial charge in [0.15, 0.2) is 0 Å². The number of fused-ring (bicyclic) bond motifs is 1. The number of nitrogens with zero attached hydrogens (tertiary/aromatic N) is 3. The second kappa shape index (κ2) is 8.12. The minimum Gasteiger partial charge on any atom is -0.393 e. The largest absolute Gasteiger partial charge is 0.393 e. The number of nitrogens with one attached hydrogen (secondary N) is 2. The van der Waals surface area contributed by atoms with Crippen LogP contribution in [0.1, 0.15) is 44.7 Å². The van der Waals surface area contributed by atoms with Crippen molar-refractivity contribution in [3.8, 4) is 10.6 Å². The molecule has 1 aromatic carbocycles. The van der Waals surface area contributed by atoms with Gasteiger partial charge in [-0.2, -0.15) is 4.98 Å². The average Bonchev–Trinajstić information content (AvgIpc) is 3.26. The third-order valence-electron chi connectivity index (χ3n) is 6.34. The number of hydrogen-bond acceptors (Lipinski definition) is 7.